The van der Waals surface area contributed by atoms with Gasteiger partial charge < -0.3 is 21.1 Å². The van der Waals surface area contributed by atoms with Gasteiger partial charge in [-0.05, 0) is 43.3 Å². The molecule has 1 heterocycles. The number of nitrogens with two attached hydrogens (primary N) is 1. The first kappa shape index (κ1) is 19.9. The van der Waals surface area contributed by atoms with Crippen molar-refractivity contribution in [3.63, 3.8) is 0 Å². The molecule has 9 heteroatoms. The Hall–Kier alpha value is -3.88. The minimum absolute atomic E-state index is 0.0646. The lowest BCUT2D eigenvalue weighted by molar-refractivity contribution is -0.123. The molecule has 5 N–H and O–H groups in total. The van der Waals surface area contributed by atoms with E-state index < -0.39 is 11.9 Å². The molecule has 9 nitrogen and oxygen atoms in total. The molecule has 29 heavy (non-hydrogen) atoms. The molecule has 0 saturated heterocycles. The zero-order valence-electron chi connectivity index (χ0n) is 15.9. The normalized spacial score (nSPS) is 16.0. The molecule has 1 atom stereocenters. The van der Waals surface area contributed by atoms with Gasteiger partial charge in [-0.2, -0.15) is 4.99 Å². The van der Waals surface area contributed by atoms with Gasteiger partial charge in [0.15, 0.2) is 0 Å². The Labute approximate surface area is 168 Å². The van der Waals surface area contributed by atoms with Gasteiger partial charge in [0, 0.05) is 11.4 Å². The highest BCUT2D eigenvalue weighted by atomic mass is 16.5. The van der Waals surface area contributed by atoms with Crippen LogP contribution in [0.15, 0.2) is 64.6 Å². The van der Waals surface area contributed by atoms with Gasteiger partial charge in [-0.15, -0.1) is 0 Å². The number of anilines is 2. The Morgan fingerprint density at radius 2 is 1.83 bits per heavy atom. The number of carbonyl (C=O) groups excluding carboxylic acids is 2. The van der Waals surface area contributed by atoms with Crippen molar-refractivity contribution >= 4 is 35.1 Å². The predicted octanol–water partition coefficient (Wildman–Crippen LogP) is 1.70. The number of benzene rings is 2. The lowest BCUT2D eigenvalue weighted by Gasteiger charge is -2.08. The van der Waals surface area contributed by atoms with Crippen molar-refractivity contribution in [3.8, 4) is 5.75 Å². The number of rotatable bonds is 6. The Balaban J connectivity index is 1.56. The number of amides is 2. The fourth-order valence-electron chi connectivity index (χ4n) is 2.63. The third-order valence-electron chi connectivity index (χ3n) is 3.92. The monoisotopic (exact) mass is 394 g/mol. The van der Waals surface area contributed by atoms with Crippen LogP contribution >= 0.6 is 0 Å². The Bertz CT molecular complexity index is 925. The first-order valence-corrected chi connectivity index (χ1v) is 9.11. The topological polar surface area (TPSA) is 130 Å². The molecule has 150 valence electrons. The maximum Gasteiger partial charge on any atom is 0.252 e. The molecule has 0 saturated carbocycles. The van der Waals surface area contributed by atoms with Crippen LogP contribution in [0.2, 0.25) is 0 Å². The van der Waals surface area contributed by atoms with Crippen molar-refractivity contribution in [1.82, 2.24) is 5.32 Å². The average molecular weight is 394 g/mol. The quantitative estimate of drug-likeness (QED) is 0.438. The number of ether oxygens (including phenoxy) is 1. The Morgan fingerprint density at radius 3 is 2.52 bits per heavy atom. The molecule has 0 bridgehead atoms. The molecular formula is C20H22N6O3. The molecule has 3 rings (SSSR count). The van der Waals surface area contributed by atoms with Crippen LogP contribution in [0.1, 0.15) is 13.3 Å². The molecule has 1 aliphatic rings. The van der Waals surface area contributed by atoms with Gasteiger partial charge in [-0.1, -0.05) is 18.2 Å². The molecule has 0 radical (unpaired) electrons. The number of para-hydroxylation sites is 1. The molecule has 1 aliphatic heterocycles. The van der Waals surface area contributed by atoms with Crippen molar-refractivity contribution in [2.75, 3.05) is 17.2 Å². The summed E-state index contributed by atoms with van der Waals surface area (Å²) < 4.78 is 5.36. The zero-order chi connectivity index (χ0) is 20.6. The first-order valence-electron chi connectivity index (χ1n) is 9.11. The number of nitrogens with zero attached hydrogens (tertiary/aromatic N) is 2. The molecule has 2 amide bonds. The van der Waals surface area contributed by atoms with Crippen LogP contribution in [0.25, 0.3) is 0 Å². The maximum absolute atomic E-state index is 12.2. The molecule has 2 aromatic carbocycles. The molecule has 0 fully saturated rings. The molecule has 2 aromatic rings. The smallest absolute Gasteiger partial charge is 0.252 e. The van der Waals surface area contributed by atoms with E-state index in [1.54, 1.807) is 24.3 Å². The van der Waals surface area contributed by atoms with Crippen molar-refractivity contribution < 1.29 is 14.3 Å². The lowest BCUT2D eigenvalue weighted by Crippen LogP contribution is -2.32. The molecular weight excluding hydrogens is 372 g/mol. The number of hydrogen-bond acceptors (Lipinski definition) is 5. The number of guanidine groups is 2. The summed E-state index contributed by atoms with van der Waals surface area (Å²) in [5, 5.41) is 8.14. The van der Waals surface area contributed by atoms with Gasteiger partial charge in [0.25, 0.3) is 5.91 Å². The fraction of sp³-hybridized carbons (Fsp3) is 0.200. The standard InChI is InChI=1S/C20H22N6O3/c1-2-29-15-10-8-14(9-11-15)22-17(27)12-16-18(28)25-20(24-16)26-19(21)23-13-6-4-3-5-7-13/h3-11,16H,2,12H2,1H3,(H,22,27)(H4,21,23,24,25,26,28)/t16-/m0/s1. The van der Waals surface area contributed by atoms with E-state index in [4.69, 9.17) is 10.5 Å². The SMILES string of the molecule is CCOc1ccc(NC(=O)C[C@@H]2N=C(N=C(N)Nc3ccccc3)NC2=O)cc1. The number of hydrogen-bond donors (Lipinski definition) is 4. The second-order valence-electron chi connectivity index (χ2n) is 6.16. The van der Waals surface area contributed by atoms with Crippen LogP contribution in [-0.2, 0) is 9.59 Å². The van der Waals surface area contributed by atoms with Crippen LogP contribution in [0.5, 0.6) is 5.75 Å². The average Bonchev–Trinajstić information content (AvgIpc) is 3.02. The summed E-state index contributed by atoms with van der Waals surface area (Å²) in [6, 6.07) is 15.3. The highest BCUT2D eigenvalue weighted by Gasteiger charge is 2.28. The number of carbonyl (C=O) groups is 2. The van der Waals surface area contributed by atoms with Gasteiger partial charge in [0.2, 0.25) is 17.8 Å². The van der Waals surface area contributed by atoms with E-state index in [2.05, 4.69) is 25.9 Å². The highest BCUT2D eigenvalue weighted by Crippen LogP contribution is 2.16. The third-order valence-corrected chi connectivity index (χ3v) is 3.92. The molecule has 0 aliphatic carbocycles. The highest BCUT2D eigenvalue weighted by molar-refractivity contribution is 6.11. The van der Waals surface area contributed by atoms with Crippen LogP contribution in [-0.4, -0.2) is 36.4 Å². The summed E-state index contributed by atoms with van der Waals surface area (Å²) in [7, 11) is 0. The summed E-state index contributed by atoms with van der Waals surface area (Å²) in [5.41, 5.74) is 7.19. The van der Waals surface area contributed by atoms with Gasteiger partial charge in [0.05, 0.1) is 13.0 Å². The second-order valence-corrected chi connectivity index (χ2v) is 6.16. The van der Waals surface area contributed by atoms with Crippen molar-refractivity contribution in [3.05, 3.63) is 54.6 Å². The first-order chi connectivity index (χ1) is 14.0. The van der Waals surface area contributed by atoms with Crippen LogP contribution in [0.4, 0.5) is 11.4 Å². The number of aliphatic imine (C=N–C) groups is 2. The van der Waals surface area contributed by atoms with Gasteiger partial charge in [-0.25, -0.2) is 4.99 Å². The van der Waals surface area contributed by atoms with Gasteiger partial charge >= 0.3 is 0 Å². The van der Waals surface area contributed by atoms with Crippen LogP contribution < -0.4 is 26.4 Å². The molecule has 0 spiro atoms. The summed E-state index contributed by atoms with van der Waals surface area (Å²) in [6.45, 7) is 2.46. The van der Waals surface area contributed by atoms with E-state index in [1.807, 2.05) is 37.3 Å². The largest absolute Gasteiger partial charge is 0.494 e. The fourth-order valence-corrected chi connectivity index (χ4v) is 2.63. The van der Waals surface area contributed by atoms with Gasteiger partial charge in [0.1, 0.15) is 11.8 Å². The summed E-state index contributed by atoms with van der Waals surface area (Å²) in [5.74, 6) is 0.121. The van der Waals surface area contributed by atoms with Crippen molar-refractivity contribution in [1.29, 1.82) is 0 Å². The maximum atomic E-state index is 12.2. The molecule has 0 aromatic heterocycles. The third kappa shape index (κ3) is 5.80. The lowest BCUT2D eigenvalue weighted by atomic mass is 10.2. The van der Waals surface area contributed by atoms with Crippen LogP contribution in [0, 0.1) is 0 Å². The predicted molar refractivity (Wildman–Crippen MR) is 112 cm³/mol. The molecule has 0 unspecified atom stereocenters. The van der Waals surface area contributed by atoms with E-state index in [0.29, 0.717) is 12.3 Å². The van der Waals surface area contributed by atoms with E-state index in [1.165, 1.54) is 0 Å². The minimum Gasteiger partial charge on any atom is -0.494 e. The van der Waals surface area contributed by atoms with E-state index in [-0.39, 0.29) is 24.2 Å². The summed E-state index contributed by atoms with van der Waals surface area (Å²) >= 11 is 0. The second kappa shape index (κ2) is 9.36. The zero-order valence-corrected chi connectivity index (χ0v) is 15.9. The van der Waals surface area contributed by atoms with Crippen molar-refractivity contribution in [2.45, 2.75) is 19.4 Å². The Morgan fingerprint density at radius 1 is 1.14 bits per heavy atom. The summed E-state index contributed by atoms with van der Waals surface area (Å²) in [4.78, 5) is 32.5. The minimum atomic E-state index is -0.860. The van der Waals surface area contributed by atoms with E-state index in [9.17, 15) is 9.59 Å². The van der Waals surface area contributed by atoms with Crippen molar-refractivity contribution in [2.24, 2.45) is 15.7 Å². The number of nitrogens with one attached hydrogen (secondary N) is 3. The summed E-state index contributed by atoms with van der Waals surface area (Å²) in [6.07, 6.45) is -0.107. The van der Waals surface area contributed by atoms with E-state index >= 15 is 0 Å². The van der Waals surface area contributed by atoms with Crippen LogP contribution in [0.3, 0.4) is 0 Å². The van der Waals surface area contributed by atoms with Gasteiger partial charge in [-0.3, -0.25) is 14.9 Å². The van der Waals surface area contributed by atoms with E-state index in [0.717, 1.165) is 11.4 Å². The Kier molecular flexibility index (Phi) is 6.41.